The lowest BCUT2D eigenvalue weighted by molar-refractivity contribution is -0.193. The largest absolute Gasteiger partial charge is 0.458 e. The number of pyridine rings is 2. The molecule has 0 spiro atoms. The lowest BCUT2D eigenvalue weighted by Gasteiger charge is -2.31. The van der Waals surface area contributed by atoms with Crippen molar-refractivity contribution in [2.75, 3.05) is 33.9 Å². The van der Waals surface area contributed by atoms with E-state index in [0.29, 0.717) is 47.9 Å². The zero-order valence-corrected chi connectivity index (χ0v) is 31.1. The molecule has 6 heterocycles. The molecule has 0 aliphatic carbocycles. The summed E-state index contributed by atoms with van der Waals surface area (Å²) in [6.45, 7) is 1.54. The predicted octanol–water partition coefficient (Wildman–Crippen LogP) is 7.89. The van der Waals surface area contributed by atoms with Crippen LogP contribution in [0.5, 0.6) is 0 Å². The minimum absolute atomic E-state index is 0.0164. The fourth-order valence-corrected chi connectivity index (χ4v) is 5.91. The maximum atomic E-state index is 13.3. The molecule has 0 saturated carbocycles. The highest BCUT2D eigenvalue weighted by Gasteiger charge is 2.54. The number of nitrogens with one attached hydrogen (secondary N) is 3. The van der Waals surface area contributed by atoms with Gasteiger partial charge in [0.1, 0.15) is 10.5 Å². The highest BCUT2D eigenvalue weighted by atomic mass is 35.5. The van der Waals surface area contributed by atoms with Gasteiger partial charge in [-0.15, -0.1) is 0 Å². The van der Waals surface area contributed by atoms with E-state index in [1.54, 1.807) is 18.6 Å². The average Bonchev–Trinajstić information content (AvgIpc) is 3.63. The van der Waals surface area contributed by atoms with E-state index in [-0.39, 0.29) is 11.8 Å². The minimum Gasteiger partial charge on any atom is -0.404 e. The number of rotatable bonds is 5. The molecule has 318 valence electrons. The van der Waals surface area contributed by atoms with Crippen LogP contribution >= 0.6 is 11.6 Å². The van der Waals surface area contributed by atoms with Crippen LogP contribution in [0.3, 0.4) is 0 Å². The summed E-state index contributed by atoms with van der Waals surface area (Å²) in [5.41, 5.74) is 5.71. The van der Waals surface area contributed by atoms with Gasteiger partial charge in [-0.3, -0.25) is 24.2 Å². The molecule has 0 radical (unpaired) electrons. The molecule has 7 rings (SSSR count). The van der Waals surface area contributed by atoms with Crippen LogP contribution in [-0.4, -0.2) is 80.3 Å². The summed E-state index contributed by atoms with van der Waals surface area (Å²) in [7, 11) is 0. The van der Waals surface area contributed by atoms with Gasteiger partial charge in [-0.1, -0.05) is 11.6 Å². The van der Waals surface area contributed by atoms with Gasteiger partial charge < -0.3 is 25.3 Å². The van der Waals surface area contributed by atoms with E-state index < -0.39 is 36.4 Å². The number of Topliss-reactive ketones (excluding diaryl/α,β-unsaturated/α-hetero) is 2. The fraction of sp³-hybridized carbons (Fsp3) is 0.306. The Morgan fingerprint density at radius 2 is 1.62 bits per heavy atom. The maximum Gasteiger partial charge on any atom is 0.458 e. The normalized spacial score (nSPS) is 15.2. The number of ketones is 2. The first kappa shape index (κ1) is 44.7. The lowest BCUT2D eigenvalue weighted by Crippen LogP contribution is -2.39. The molecule has 1 saturated heterocycles. The number of hydrogen-bond donors (Lipinski definition) is 3. The molecule has 6 bridgehead atoms. The molecular weight excluding hydrogens is 845 g/mol. The smallest absolute Gasteiger partial charge is 0.404 e. The third kappa shape index (κ3) is 12.6. The summed E-state index contributed by atoms with van der Waals surface area (Å²) in [5.74, 6) is -5.75. The average molecular weight is 874 g/mol. The second kappa shape index (κ2) is 18.7. The van der Waals surface area contributed by atoms with Crippen LogP contribution in [0.15, 0.2) is 65.6 Å². The van der Waals surface area contributed by atoms with E-state index in [1.165, 1.54) is 0 Å². The molecule has 0 unspecified atom stereocenters. The van der Waals surface area contributed by atoms with Crippen molar-refractivity contribution >= 4 is 81.4 Å². The Balaban J connectivity index is 0.000000319. The van der Waals surface area contributed by atoms with E-state index in [4.69, 9.17) is 20.8 Å². The number of anilines is 6. The standard InChI is InChI=1S/C30H28ClN9O2.C4F6O2.C2HF3O/c31-23-16-34-29-36-22-11-18(14-32-15-22)5-6-20-13-21(35-27(23)39-29)7-8-24(20)37-26(41)12-19-3-2-10-40(17-19)30-38-25-4-1-9-33-28(25)42-30;5-3(6,7)1(11)2(12)4(8,9)10;3-2(4,5)1-6/h1,4,7-9,11,13-16,19H,2-3,5-6,10,12,17H2,(H,37,41)(H2,34,35,36,39);;1H/t19-;;/m1../s1. The zero-order chi connectivity index (χ0) is 43.8. The van der Waals surface area contributed by atoms with E-state index in [2.05, 4.69) is 45.8 Å². The molecular formula is C36H29ClF9N9O5. The number of oxazole rings is 1. The number of nitrogens with zero attached hydrogens (tertiary/aromatic N) is 6. The molecule has 3 N–H and O–H groups in total. The van der Waals surface area contributed by atoms with Gasteiger partial charge in [0.05, 0.1) is 18.1 Å². The molecule has 1 amide bonds. The predicted molar refractivity (Wildman–Crippen MR) is 196 cm³/mol. The van der Waals surface area contributed by atoms with Gasteiger partial charge in [-0.05, 0) is 79.1 Å². The quantitative estimate of drug-likeness (QED) is 0.0881. The van der Waals surface area contributed by atoms with Crippen molar-refractivity contribution < 1.29 is 63.1 Å². The van der Waals surface area contributed by atoms with Gasteiger partial charge >= 0.3 is 30.1 Å². The molecule has 2 aliphatic heterocycles. The van der Waals surface area contributed by atoms with E-state index in [9.17, 15) is 53.9 Å². The Kier molecular flexibility index (Phi) is 13.9. The number of alkyl halides is 9. The molecule has 24 heteroatoms. The molecule has 1 atom stereocenters. The Morgan fingerprint density at radius 1 is 0.900 bits per heavy atom. The van der Waals surface area contributed by atoms with Crippen LogP contribution in [0.4, 0.5) is 74.4 Å². The second-order valence-electron chi connectivity index (χ2n) is 12.9. The summed E-state index contributed by atoms with van der Waals surface area (Å²) >= 11 is 6.39. The molecule has 5 aromatic rings. The van der Waals surface area contributed by atoms with Crippen LogP contribution in [0.2, 0.25) is 5.02 Å². The third-order valence-electron chi connectivity index (χ3n) is 8.39. The van der Waals surface area contributed by atoms with Gasteiger partial charge in [-0.2, -0.15) is 49.5 Å². The number of hydrogen-bond acceptors (Lipinski definition) is 13. The summed E-state index contributed by atoms with van der Waals surface area (Å²) in [6, 6.07) is 12.2. The zero-order valence-electron chi connectivity index (χ0n) is 30.4. The molecule has 4 aromatic heterocycles. The van der Waals surface area contributed by atoms with E-state index >= 15 is 0 Å². The number of aryl methyl sites for hydroxylation is 2. The monoisotopic (exact) mass is 873 g/mol. The topological polar surface area (TPSA) is 185 Å². The van der Waals surface area contributed by atoms with Crippen LogP contribution < -0.4 is 20.9 Å². The Labute approximate surface area is 336 Å². The number of carbonyl (C=O) groups is 4. The summed E-state index contributed by atoms with van der Waals surface area (Å²) in [6.07, 6.45) is -6.63. The molecule has 60 heavy (non-hydrogen) atoms. The van der Waals surface area contributed by atoms with Crippen LogP contribution in [0.1, 0.15) is 30.4 Å². The minimum atomic E-state index is -5.77. The highest BCUT2D eigenvalue weighted by molar-refractivity contribution is 6.41. The number of fused-ring (bicyclic) bond motifs is 7. The first-order chi connectivity index (χ1) is 28.2. The SMILES string of the molecule is O=C(C(=O)C(F)(F)F)C(F)(F)F.O=C(C[C@H]1CCCN(c2nc3cccnc3o2)C1)Nc1ccc2cc1CCc1cncc(c1)Nc1ncc(Cl)c(n1)N2.O=CC(F)(F)F. The Bertz CT molecular complexity index is 2300. The number of piperidine rings is 1. The van der Waals surface area contributed by atoms with Gasteiger partial charge in [0.15, 0.2) is 5.82 Å². The number of aldehydes is 1. The van der Waals surface area contributed by atoms with Gasteiger partial charge in [0.2, 0.25) is 23.9 Å². The molecule has 14 nitrogen and oxygen atoms in total. The van der Waals surface area contributed by atoms with Crippen molar-refractivity contribution in [1.29, 1.82) is 0 Å². The number of carbonyl (C=O) groups excluding carboxylic acids is 4. The van der Waals surface area contributed by atoms with E-state index in [0.717, 1.165) is 59.5 Å². The Hall–Kier alpha value is -6.39. The molecule has 1 aromatic carbocycles. The van der Waals surface area contributed by atoms with Gasteiger partial charge in [0.25, 0.3) is 6.01 Å². The van der Waals surface area contributed by atoms with Crippen molar-refractivity contribution in [3.8, 4) is 0 Å². The fourth-order valence-electron chi connectivity index (χ4n) is 5.77. The number of halogens is 10. The van der Waals surface area contributed by atoms with E-state index in [1.807, 2.05) is 42.6 Å². The number of aromatic nitrogens is 5. The van der Waals surface area contributed by atoms with Gasteiger partial charge in [0, 0.05) is 43.3 Å². The van der Waals surface area contributed by atoms with Crippen molar-refractivity contribution in [1.82, 2.24) is 24.9 Å². The summed E-state index contributed by atoms with van der Waals surface area (Å²) in [5, 5.41) is 10.1. The van der Waals surface area contributed by atoms with Crippen molar-refractivity contribution in [2.24, 2.45) is 5.92 Å². The van der Waals surface area contributed by atoms with Gasteiger partial charge in [-0.25, -0.2) is 9.97 Å². The number of benzene rings is 1. The summed E-state index contributed by atoms with van der Waals surface area (Å²) < 4.78 is 104. The van der Waals surface area contributed by atoms with Crippen LogP contribution in [0.25, 0.3) is 11.2 Å². The maximum absolute atomic E-state index is 13.3. The first-order valence-corrected chi connectivity index (χ1v) is 17.7. The molecule has 2 aliphatic rings. The first-order valence-electron chi connectivity index (χ1n) is 17.3. The highest BCUT2D eigenvalue weighted by Crippen LogP contribution is 2.31. The number of amides is 1. The second-order valence-corrected chi connectivity index (χ2v) is 13.3. The van der Waals surface area contributed by atoms with Crippen molar-refractivity contribution in [3.05, 3.63) is 77.3 Å². The van der Waals surface area contributed by atoms with Crippen molar-refractivity contribution in [2.45, 2.75) is 50.6 Å². The van der Waals surface area contributed by atoms with Crippen LogP contribution in [-0.2, 0) is 32.0 Å². The molecule has 1 fully saturated rings. The van der Waals surface area contributed by atoms with Crippen LogP contribution in [0, 0.1) is 5.92 Å². The van der Waals surface area contributed by atoms with Crippen molar-refractivity contribution in [3.63, 3.8) is 0 Å². The summed E-state index contributed by atoms with van der Waals surface area (Å²) in [4.78, 5) is 65.4. The Morgan fingerprint density at radius 3 is 2.28 bits per heavy atom. The third-order valence-corrected chi connectivity index (χ3v) is 8.67. The lowest BCUT2D eigenvalue weighted by atomic mass is 9.94.